The highest BCUT2D eigenvalue weighted by atomic mass is 16.5. The summed E-state index contributed by atoms with van der Waals surface area (Å²) < 4.78 is 5.40. The Morgan fingerprint density at radius 2 is 2.00 bits per heavy atom. The fraction of sp³-hybridized carbons (Fsp3) is 0.733. The molecule has 0 spiro atoms. The molecule has 1 aliphatic rings. The predicted octanol–water partition coefficient (Wildman–Crippen LogP) is 1.95. The largest absolute Gasteiger partial charge is 0.374 e. The molecule has 0 aromatic carbocycles. The monoisotopic (exact) mass is 293 g/mol. The van der Waals surface area contributed by atoms with Crippen LogP contribution in [-0.2, 0) is 11.3 Å². The van der Waals surface area contributed by atoms with E-state index in [1.54, 1.807) is 0 Å². The van der Waals surface area contributed by atoms with Gasteiger partial charge in [0.25, 0.3) is 0 Å². The molecule has 1 aromatic rings. The van der Waals surface area contributed by atoms with E-state index >= 15 is 0 Å². The van der Waals surface area contributed by atoms with Gasteiger partial charge >= 0.3 is 0 Å². The Hall–Kier alpha value is -1.40. The van der Waals surface area contributed by atoms with Gasteiger partial charge in [0.1, 0.15) is 18.2 Å². The average Bonchev–Trinajstić information content (AvgIpc) is 2.97. The summed E-state index contributed by atoms with van der Waals surface area (Å²) in [6.07, 6.45) is 2.64. The number of likely N-dealkylation sites (tertiary alicyclic amines) is 1. The topological polar surface area (TPSA) is 62.3 Å². The molecule has 6 nitrogen and oxygen atoms in total. The Kier molecular flexibility index (Phi) is 6.20. The molecule has 1 saturated heterocycles. The second kappa shape index (κ2) is 8.14. The molecule has 6 heteroatoms. The average molecular weight is 293 g/mol. The number of hydrogen-bond donors (Lipinski definition) is 2. The van der Waals surface area contributed by atoms with Crippen LogP contribution in [-0.4, -0.2) is 54.2 Å². The normalized spacial score (nSPS) is 16.9. The van der Waals surface area contributed by atoms with Crippen molar-refractivity contribution in [3.05, 3.63) is 11.9 Å². The molecular weight excluding hydrogens is 266 g/mol. The molecule has 2 N–H and O–H groups in total. The highest BCUT2D eigenvalue weighted by Gasteiger charge is 2.15. The lowest BCUT2D eigenvalue weighted by molar-refractivity contribution is 0.128. The second-order valence-corrected chi connectivity index (χ2v) is 5.49. The number of nitrogens with one attached hydrogen (secondary N) is 2. The fourth-order valence-electron chi connectivity index (χ4n) is 2.61. The van der Waals surface area contributed by atoms with Crippen molar-refractivity contribution in [3.8, 4) is 0 Å². The van der Waals surface area contributed by atoms with E-state index in [0.717, 1.165) is 18.2 Å². The van der Waals surface area contributed by atoms with Gasteiger partial charge in [0.2, 0.25) is 0 Å². The molecule has 1 fully saturated rings. The Balaban J connectivity index is 1.96. The molecule has 1 atom stereocenters. The highest BCUT2D eigenvalue weighted by molar-refractivity contribution is 5.47. The maximum absolute atomic E-state index is 5.40. The Morgan fingerprint density at radius 1 is 1.29 bits per heavy atom. The van der Waals surface area contributed by atoms with Crippen LogP contribution in [0.2, 0.25) is 0 Å². The van der Waals surface area contributed by atoms with Crippen LogP contribution in [0.3, 0.4) is 0 Å². The van der Waals surface area contributed by atoms with Crippen LogP contribution in [0.15, 0.2) is 6.07 Å². The number of anilines is 2. The zero-order valence-electron chi connectivity index (χ0n) is 13.4. The number of nitrogens with zero attached hydrogens (tertiary/aromatic N) is 3. The first kappa shape index (κ1) is 16.0. The van der Waals surface area contributed by atoms with Crippen molar-refractivity contribution in [1.29, 1.82) is 0 Å². The first-order chi connectivity index (χ1) is 10.2. The molecule has 0 bridgehead atoms. The third-order valence-corrected chi connectivity index (χ3v) is 3.59. The smallest absolute Gasteiger partial charge is 0.158 e. The van der Waals surface area contributed by atoms with Crippen molar-refractivity contribution in [2.45, 2.75) is 39.3 Å². The van der Waals surface area contributed by atoms with Crippen LogP contribution in [0.5, 0.6) is 0 Å². The standard InChI is InChI=1S/C15H27N5O/c1-4-21-11-15-18-13(16-3)9-14(19-15)17-12(2)10-20-7-5-6-8-20/h9,12H,4-8,10-11H2,1-3H3,(H2,16,17,18,19). The second-order valence-electron chi connectivity index (χ2n) is 5.49. The minimum absolute atomic E-state index is 0.364. The van der Waals surface area contributed by atoms with Crippen molar-refractivity contribution >= 4 is 11.6 Å². The van der Waals surface area contributed by atoms with E-state index in [-0.39, 0.29) is 0 Å². The van der Waals surface area contributed by atoms with Crippen LogP contribution in [0.1, 0.15) is 32.5 Å². The molecule has 118 valence electrons. The van der Waals surface area contributed by atoms with Gasteiger partial charge in [-0.15, -0.1) is 0 Å². The third-order valence-electron chi connectivity index (χ3n) is 3.59. The van der Waals surface area contributed by atoms with E-state index in [4.69, 9.17) is 4.74 Å². The summed E-state index contributed by atoms with van der Waals surface area (Å²) in [7, 11) is 1.87. The van der Waals surface area contributed by atoms with E-state index in [2.05, 4.69) is 32.4 Å². The molecule has 2 rings (SSSR count). The molecule has 1 aliphatic heterocycles. The van der Waals surface area contributed by atoms with E-state index in [0.29, 0.717) is 25.1 Å². The lowest BCUT2D eigenvalue weighted by Crippen LogP contribution is -2.33. The number of ether oxygens (including phenoxy) is 1. The van der Waals surface area contributed by atoms with E-state index < -0.39 is 0 Å². The van der Waals surface area contributed by atoms with Crippen molar-refractivity contribution < 1.29 is 4.74 Å². The summed E-state index contributed by atoms with van der Waals surface area (Å²) in [5, 5.41) is 6.55. The van der Waals surface area contributed by atoms with Gasteiger partial charge in [0.05, 0.1) is 0 Å². The van der Waals surface area contributed by atoms with Crippen LogP contribution >= 0.6 is 0 Å². The Bertz CT molecular complexity index is 434. The quantitative estimate of drug-likeness (QED) is 0.764. The maximum Gasteiger partial charge on any atom is 0.158 e. The molecule has 1 unspecified atom stereocenters. The summed E-state index contributed by atoms with van der Waals surface area (Å²) in [5.74, 6) is 2.38. The summed E-state index contributed by atoms with van der Waals surface area (Å²) in [6, 6.07) is 2.30. The van der Waals surface area contributed by atoms with E-state index in [9.17, 15) is 0 Å². The Labute approximate surface area is 127 Å². The zero-order valence-corrected chi connectivity index (χ0v) is 13.4. The minimum Gasteiger partial charge on any atom is -0.374 e. The lowest BCUT2D eigenvalue weighted by Gasteiger charge is -2.22. The number of aromatic nitrogens is 2. The molecule has 0 aliphatic carbocycles. The summed E-state index contributed by atoms with van der Waals surface area (Å²) >= 11 is 0. The Morgan fingerprint density at radius 3 is 2.67 bits per heavy atom. The van der Waals surface area contributed by atoms with Crippen molar-refractivity contribution in [3.63, 3.8) is 0 Å². The first-order valence-corrected chi connectivity index (χ1v) is 7.83. The van der Waals surface area contributed by atoms with Crippen LogP contribution in [0.25, 0.3) is 0 Å². The lowest BCUT2D eigenvalue weighted by atomic mass is 10.3. The van der Waals surface area contributed by atoms with E-state index in [1.807, 2.05) is 20.0 Å². The fourth-order valence-corrected chi connectivity index (χ4v) is 2.61. The first-order valence-electron chi connectivity index (χ1n) is 7.83. The predicted molar refractivity (Wildman–Crippen MR) is 85.7 cm³/mol. The van der Waals surface area contributed by atoms with Gasteiger partial charge in [0, 0.05) is 32.3 Å². The molecule has 0 saturated carbocycles. The summed E-state index contributed by atoms with van der Waals surface area (Å²) in [5.41, 5.74) is 0. The summed E-state index contributed by atoms with van der Waals surface area (Å²) in [6.45, 7) is 8.77. The number of hydrogen-bond acceptors (Lipinski definition) is 6. The molecule has 1 aromatic heterocycles. The number of rotatable bonds is 8. The zero-order chi connectivity index (χ0) is 15.1. The molecular formula is C15H27N5O. The van der Waals surface area contributed by atoms with Gasteiger partial charge < -0.3 is 20.3 Å². The molecule has 21 heavy (non-hydrogen) atoms. The molecule has 0 radical (unpaired) electrons. The van der Waals surface area contributed by atoms with E-state index in [1.165, 1.54) is 25.9 Å². The SMILES string of the molecule is CCOCc1nc(NC)cc(NC(C)CN2CCCC2)n1. The van der Waals surface area contributed by atoms with Crippen molar-refractivity contribution in [2.75, 3.05) is 43.9 Å². The van der Waals surface area contributed by atoms with Crippen LogP contribution < -0.4 is 10.6 Å². The van der Waals surface area contributed by atoms with Gasteiger partial charge in [-0.25, -0.2) is 9.97 Å². The van der Waals surface area contributed by atoms with Gasteiger partial charge in [-0.1, -0.05) is 0 Å². The van der Waals surface area contributed by atoms with Gasteiger partial charge in [-0.3, -0.25) is 0 Å². The molecule has 2 heterocycles. The minimum atomic E-state index is 0.364. The van der Waals surface area contributed by atoms with Crippen molar-refractivity contribution in [2.24, 2.45) is 0 Å². The molecule has 0 amide bonds. The summed E-state index contributed by atoms with van der Waals surface area (Å²) in [4.78, 5) is 11.4. The highest BCUT2D eigenvalue weighted by Crippen LogP contribution is 2.14. The van der Waals surface area contributed by atoms with Gasteiger partial charge in [-0.05, 0) is 39.8 Å². The third kappa shape index (κ3) is 5.13. The van der Waals surface area contributed by atoms with Crippen LogP contribution in [0, 0.1) is 0 Å². The van der Waals surface area contributed by atoms with Crippen LogP contribution in [0.4, 0.5) is 11.6 Å². The van der Waals surface area contributed by atoms with Crippen molar-refractivity contribution in [1.82, 2.24) is 14.9 Å². The maximum atomic E-state index is 5.40. The van der Waals surface area contributed by atoms with Gasteiger partial charge in [0.15, 0.2) is 5.82 Å². The van der Waals surface area contributed by atoms with Gasteiger partial charge in [-0.2, -0.15) is 0 Å².